The van der Waals surface area contributed by atoms with Gasteiger partial charge in [0.1, 0.15) is 0 Å². The average molecular weight is 1250 g/mol. The predicted octanol–water partition coefficient (Wildman–Crippen LogP) is 11.3. The molecule has 17 heteroatoms. The third-order valence-corrected chi connectivity index (χ3v) is 13.7. The standard InChI is InChI=1S/C22H35ClN4O.C18H27Cl2N3.C3H6ClNO.I2.HI/c1-17-5-4-6-20(21(17)23)27-15-13-26(14-16-27)12-11-18-7-9-19(10-8-18)24-22(28)25(2)3;19-16-2-1-3-17(18(16)20)23-12-10-22(11-13-23)9-8-14-4-6-15(21)7-5-14;1-5(2)3(4)6;1-2;/h4-6,18-19H,7-16H2,1-3H3,(H,24,28);1-3,14-15H,4-13,21H2;1-2H3;;1H. The van der Waals surface area contributed by atoms with Crippen LogP contribution in [0.2, 0.25) is 15.1 Å². The van der Waals surface area contributed by atoms with Gasteiger partial charge in [0.2, 0.25) is 0 Å². The van der Waals surface area contributed by atoms with Crippen molar-refractivity contribution in [2.45, 2.75) is 83.2 Å². The van der Waals surface area contributed by atoms with Gasteiger partial charge in [0.05, 0.1) is 26.4 Å². The molecule has 4 fully saturated rings. The fourth-order valence-corrected chi connectivity index (χ4v) is 8.80. The van der Waals surface area contributed by atoms with Gasteiger partial charge in [-0.15, -0.1) is 24.0 Å². The molecule has 2 saturated carbocycles. The molecule has 10 nitrogen and oxygen atoms in total. The predicted molar refractivity (Wildman–Crippen MR) is 285 cm³/mol. The van der Waals surface area contributed by atoms with E-state index in [9.17, 15) is 9.59 Å². The Labute approximate surface area is 421 Å². The van der Waals surface area contributed by atoms with E-state index in [4.69, 9.17) is 52.1 Å². The highest BCUT2D eigenvalue weighted by Gasteiger charge is 2.26. The summed E-state index contributed by atoms with van der Waals surface area (Å²) in [5.74, 6) is 1.69. The number of aryl methyl sites for hydroxylation is 1. The zero-order valence-electron chi connectivity index (χ0n) is 36.2. The van der Waals surface area contributed by atoms with Crippen LogP contribution < -0.4 is 20.9 Å². The zero-order chi connectivity index (χ0) is 43.5. The van der Waals surface area contributed by atoms with E-state index in [-0.39, 0.29) is 30.0 Å². The molecule has 0 radical (unpaired) electrons. The van der Waals surface area contributed by atoms with Crippen molar-refractivity contribution in [1.82, 2.24) is 24.9 Å². The Kier molecular flexibility index (Phi) is 28.3. The normalized spacial score (nSPS) is 22.0. The van der Waals surface area contributed by atoms with Crippen molar-refractivity contribution in [2.75, 3.05) is 103 Å². The van der Waals surface area contributed by atoms with Gasteiger partial charge in [-0.2, -0.15) is 0 Å². The van der Waals surface area contributed by atoms with Crippen LogP contribution in [-0.4, -0.2) is 137 Å². The lowest BCUT2D eigenvalue weighted by Gasteiger charge is -2.37. The number of rotatable bonds is 9. The molecular formula is C43H69Cl4I3N8O2. The second-order valence-electron chi connectivity index (χ2n) is 16.7. The van der Waals surface area contributed by atoms with Gasteiger partial charge in [-0.1, -0.05) is 53.0 Å². The van der Waals surface area contributed by atoms with Gasteiger partial charge >= 0.3 is 11.4 Å². The molecule has 3 amide bonds. The molecule has 2 heterocycles. The molecule has 0 unspecified atom stereocenters. The molecular weight excluding hydrogens is 1180 g/mol. The van der Waals surface area contributed by atoms with Crippen molar-refractivity contribution in [3.8, 4) is 0 Å². The van der Waals surface area contributed by atoms with E-state index in [1.54, 1.807) is 33.1 Å². The molecule has 6 rings (SSSR count). The number of nitrogens with one attached hydrogen (secondary N) is 1. The molecule has 2 saturated heterocycles. The number of benzene rings is 2. The van der Waals surface area contributed by atoms with E-state index < -0.39 is 5.37 Å². The van der Waals surface area contributed by atoms with Crippen LogP contribution in [0.3, 0.4) is 0 Å². The Morgan fingerprint density at radius 2 is 1.10 bits per heavy atom. The van der Waals surface area contributed by atoms with Crippen LogP contribution in [0.1, 0.15) is 69.8 Å². The molecule has 2 aromatic carbocycles. The molecule has 342 valence electrons. The molecule has 3 N–H and O–H groups in total. The Balaban J connectivity index is 0.000000350. The van der Waals surface area contributed by atoms with E-state index >= 15 is 0 Å². The van der Waals surface area contributed by atoms with Crippen LogP contribution in [0.5, 0.6) is 0 Å². The summed E-state index contributed by atoms with van der Waals surface area (Å²) < 4.78 is 0. The summed E-state index contributed by atoms with van der Waals surface area (Å²) in [6, 6.07) is 13.0. The van der Waals surface area contributed by atoms with E-state index in [1.807, 2.05) is 12.1 Å². The van der Waals surface area contributed by atoms with Crippen molar-refractivity contribution in [3.05, 3.63) is 57.0 Å². The topological polar surface area (TPSA) is 91.6 Å². The maximum absolute atomic E-state index is 11.8. The molecule has 0 atom stereocenters. The van der Waals surface area contributed by atoms with Gasteiger partial charge in [0.25, 0.3) is 0 Å². The molecule has 2 aromatic rings. The second kappa shape index (κ2) is 30.3. The Morgan fingerprint density at radius 1 is 0.683 bits per heavy atom. The summed E-state index contributed by atoms with van der Waals surface area (Å²) in [5.41, 5.74) is 9.39. The monoisotopic (exact) mass is 1250 g/mol. The first-order valence-corrected chi connectivity index (χ1v) is 28.9. The lowest BCUT2D eigenvalue weighted by Crippen LogP contribution is -2.47. The van der Waals surface area contributed by atoms with Crippen LogP contribution in [0.25, 0.3) is 0 Å². The fraction of sp³-hybridized carbons (Fsp3) is 0.674. The summed E-state index contributed by atoms with van der Waals surface area (Å²) >= 11 is 28.1. The number of amides is 3. The maximum Gasteiger partial charge on any atom is 0.317 e. The van der Waals surface area contributed by atoms with E-state index in [0.717, 1.165) is 93.3 Å². The van der Waals surface area contributed by atoms with Crippen LogP contribution in [0, 0.1) is 18.8 Å². The minimum absolute atomic E-state index is 0. The quantitative estimate of drug-likeness (QED) is 0.147. The smallest absolute Gasteiger partial charge is 0.317 e. The number of urea groups is 1. The first-order valence-electron chi connectivity index (χ1n) is 21.1. The van der Waals surface area contributed by atoms with E-state index in [2.05, 4.69) is 93.3 Å². The summed E-state index contributed by atoms with van der Waals surface area (Å²) in [4.78, 5) is 34.5. The van der Waals surface area contributed by atoms with Crippen molar-refractivity contribution >= 4 is 130 Å². The summed E-state index contributed by atoms with van der Waals surface area (Å²) in [5, 5.41) is 4.92. The SMILES string of the molecule is CN(C)C(=O)Cl.Cc1cccc(N2CCN(CCC3CCC(NC(=O)N(C)C)CC3)CC2)c1Cl.I.II.NC1CCC(CCN2CCN(c3cccc(Cl)c3Cl)CC2)CC1. The third-order valence-electron chi connectivity index (χ3n) is 12.1. The number of carbonyl (C=O) groups is 2. The van der Waals surface area contributed by atoms with Gasteiger partial charge in [0.15, 0.2) is 0 Å². The number of hydrogen-bond acceptors (Lipinski definition) is 7. The average Bonchev–Trinajstić information content (AvgIpc) is 3.24. The van der Waals surface area contributed by atoms with Gasteiger partial charge in [0, 0.05) is 130 Å². The van der Waals surface area contributed by atoms with Gasteiger partial charge < -0.3 is 30.7 Å². The Hall–Kier alpha value is 0.0100. The largest absolute Gasteiger partial charge is 0.368 e. The first-order chi connectivity index (χ1) is 28.2. The molecule has 60 heavy (non-hydrogen) atoms. The fourth-order valence-electron chi connectivity index (χ4n) is 8.14. The number of nitrogens with two attached hydrogens (primary N) is 1. The molecule has 2 aliphatic carbocycles. The summed E-state index contributed by atoms with van der Waals surface area (Å²) in [6.45, 7) is 13.1. The van der Waals surface area contributed by atoms with Gasteiger partial charge in [-0.25, -0.2) is 4.79 Å². The molecule has 0 spiro atoms. The number of piperazine rings is 2. The molecule has 0 aromatic heterocycles. The maximum atomic E-state index is 11.8. The Bertz CT molecular complexity index is 1540. The van der Waals surface area contributed by atoms with Crippen molar-refractivity contribution in [1.29, 1.82) is 0 Å². The minimum atomic E-state index is -0.435. The van der Waals surface area contributed by atoms with Crippen molar-refractivity contribution in [2.24, 2.45) is 17.6 Å². The Morgan fingerprint density at radius 3 is 1.53 bits per heavy atom. The van der Waals surface area contributed by atoms with Gasteiger partial charge in [-0.05, 0) is 131 Å². The highest BCUT2D eigenvalue weighted by Crippen LogP contribution is 2.34. The molecule has 2 aliphatic heterocycles. The number of halogens is 7. The minimum Gasteiger partial charge on any atom is -0.368 e. The lowest BCUT2D eigenvalue weighted by molar-refractivity contribution is 0.194. The number of hydrogen-bond donors (Lipinski definition) is 2. The number of carbonyl (C=O) groups excluding carboxylic acids is 2. The number of anilines is 2. The van der Waals surface area contributed by atoms with Crippen molar-refractivity contribution in [3.63, 3.8) is 0 Å². The first kappa shape index (κ1) is 56.1. The van der Waals surface area contributed by atoms with Crippen LogP contribution in [0.4, 0.5) is 21.0 Å². The third kappa shape index (κ3) is 19.6. The van der Waals surface area contributed by atoms with Crippen LogP contribution in [0.15, 0.2) is 36.4 Å². The summed E-state index contributed by atoms with van der Waals surface area (Å²) in [7, 11) is 6.78. The van der Waals surface area contributed by atoms with Gasteiger partial charge in [-0.3, -0.25) is 14.6 Å². The van der Waals surface area contributed by atoms with E-state index in [1.165, 1.54) is 75.0 Å². The van der Waals surface area contributed by atoms with Crippen LogP contribution in [-0.2, 0) is 0 Å². The second-order valence-corrected chi connectivity index (χ2v) is 18.2. The summed E-state index contributed by atoms with van der Waals surface area (Å²) in [6.07, 6.45) is 12.4. The van der Waals surface area contributed by atoms with Crippen LogP contribution >= 0.6 is 108 Å². The highest BCUT2D eigenvalue weighted by atomic mass is 128. The molecule has 0 bridgehead atoms. The lowest BCUT2D eigenvalue weighted by atomic mass is 9.84. The molecule has 4 aliphatic rings. The van der Waals surface area contributed by atoms with Crippen molar-refractivity contribution < 1.29 is 9.59 Å². The number of nitrogens with zero attached hydrogens (tertiary/aromatic N) is 6. The zero-order valence-corrected chi connectivity index (χ0v) is 45.8. The highest BCUT2D eigenvalue weighted by molar-refractivity contribution is 15.0. The van der Waals surface area contributed by atoms with E-state index in [0.29, 0.717) is 22.1 Å².